The molecule has 0 aliphatic heterocycles. The molecule has 0 spiro atoms. The number of methoxy groups -OCH3 is 3. The number of nitrogens with one attached hydrogen (secondary N) is 2. The van der Waals surface area contributed by atoms with Crippen molar-refractivity contribution in [3.05, 3.63) is 132 Å². The number of carbonyl (C=O) groups excluding carboxylic acids is 1. The number of amides is 1. The van der Waals surface area contributed by atoms with E-state index in [2.05, 4.69) is 30.8 Å². The maximum absolute atomic E-state index is 16.1. The quantitative estimate of drug-likeness (QED) is 0.0838. The highest BCUT2D eigenvalue weighted by Crippen LogP contribution is 2.44. The number of tetrazole rings is 1. The zero-order valence-electron chi connectivity index (χ0n) is 37.6. The summed E-state index contributed by atoms with van der Waals surface area (Å²) in [6, 6.07) is 31.3. The minimum atomic E-state index is -4.84. The van der Waals surface area contributed by atoms with E-state index in [1.807, 2.05) is 18.2 Å². The molecule has 350 valence electrons. The fourth-order valence-electron chi connectivity index (χ4n) is 7.05. The lowest BCUT2D eigenvalue weighted by Crippen LogP contribution is -2.39. The maximum Gasteiger partial charge on any atom is 0.407 e. The number of hydrogen-bond acceptors (Lipinski definition) is 14. The molecule has 21 heteroatoms. The molecule has 7 aromatic rings. The number of sulfonamides is 1. The van der Waals surface area contributed by atoms with E-state index in [4.69, 9.17) is 24.0 Å². The molecule has 0 aliphatic carbocycles. The molecule has 5 aromatic carbocycles. The lowest BCUT2D eigenvalue weighted by atomic mass is 9.96. The van der Waals surface area contributed by atoms with Gasteiger partial charge in [-0.2, -0.15) is 14.2 Å². The topological polar surface area (TPSA) is 232 Å². The minimum Gasteiger partial charge on any atom is -0.755 e. The van der Waals surface area contributed by atoms with Crippen molar-refractivity contribution >= 4 is 33.1 Å². The van der Waals surface area contributed by atoms with Crippen molar-refractivity contribution in [3.8, 4) is 51.2 Å². The molecular formula is C46H49N10O9S2-. The first-order valence-electron chi connectivity index (χ1n) is 20.8. The minimum absolute atomic E-state index is 0.0433. The lowest BCUT2D eigenvalue weighted by Gasteiger charge is -2.32. The molecule has 0 fully saturated rings. The van der Waals surface area contributed by atoms with Crippen LogP contribution in [0.15, 0.2) is 120 Å². The van der Waals surface area contributed by atoms with Gasteiger partial charge in [0.25, 0.3) is 0 Å². The van der Waals surface area contributed by atoms with Gasteiger partial charge in [0.15, 0.2) is 5.82 Å². The molecule has 0 aliphatic rings. The fraction of sp³-hybridized carbons (Fsp3) is 0.261. The van der Waals surface area contributed by atoms with Crippen molar-refractivity contribution in [1.82, 2.24) is 45.0 Å². The van der Waals surface area contributed by atoms with Gasteiger partial charge in [-0.1, -0.05) is 60.7 Å². The van der Waals surface area contributed by atoms with Crippen LogP contribution in [0.25, 0.3) is 33.9 Å². The molecule has 1 amide bonds. The Balaban J connectivity index is 1.47. The normalized spacial score (nSPS) is 12.1. The van der Waals surface area contributed by atoms with Crippen LogP contribution in [0.4, 0.5) is 10.5 Å². The summed E-state index contributed by atoms with van der Waals surface area (Å²) in [6.07, 6.45) is 0.579. The van der Waals surface area contributed by atoms with Gasteiger partial charge in [-0.25, -0.2) is 18.2 Å². The second kappa shape index (κ2) is 21.0. The van der Waals surface area contributed by atoms with Crippen LogP contribution in [0, 0.1) is 0 Å². The number of benzene rings is 5. The molecule has 19 nitrogen and oxygen atoms in total. The maximum atomic E-state index is 16.1. The Hall–Kier alpha value is -7.20. The largest absolute Gasteiger partial charge is 0.755 e. The molecule has 2 aromatic heterocycles. The summed E-state index contributed by atoms with van der Waals surface area (Å²) in [7, 11) is -0.214. The zero-order chi connectivity index (χ0) is 47.7. The summed E-state index contributed by atoms with van der Waals surface area (Å²) >= 11 is -3.10. The molecule has 0 saturated heterocycles. The third-order valence-corrected chi connectivity index (χ3v) is 12.8. The van der Waals surface area contributed by atoms with Crippen LogP contribution in [0.2, 0.25) is 0 Å². The monoisotopic (exact) mass is 949 g/mol. The number of carbonyl (C=O) groups is 1. The molecule has 7 rings (SSSR count). The third kappa shape index (κ3) is 11.8. The van der Waals surface area contributed by atoms with E-state index in [0.29, 0.717) is 50.9 Å². The number of alkyl carbamates (subject to hydrolysis) is 1. The first-order chi connectivity index (χ1) is 32.1. The van der Waals surface area contributed by atoms with Crippen molar-refractivity contribution in [2.75, 3.05) is 38.7 Å². The van der Waals surface area contributed by atoms with E-state index in [1.165, 1.54) is 35.7 Å². The predicted molar refractivity (Wildman–Crippen MR) is 249 cm³/mol. The molecule has 67 heavy (non-hydrogen) atoms. The van der Waals surface area contributed by atoms with Gasteiger partial charge in [0.2, 0.25) is 15.8 Å². The van der Waals surface area contributed by atoms with Gasteiger partial charge < -0.3 is 28.8 Å². The van der Waals surface area contributed by atoms with Crippen molar-refractivity contribution in [3.63, 3.8) is 0 Å². The zero-order valence-corrected chi connectivity index (χ0v) is 39.2. The van der Waals surface area contributed by atoms with Gasteiger partial charge >= 0.3 is 6.09 Å². The van der Waals surface area contributed by atoms with E-state index >= 15 is 8.42 Å². The number of hydrogen-bond donors (Lipinski definition) is 2. The Labute approximate surface area is 390 Å². The van der Waals surface area contributed by atoms with Crippen LogP contribution >= 0.6 is 0 Å². The van der Waals surface area contributed by atoms with Crippen LogP contribution in [-0.4, -0.2) is 103 Å². The number of ether oxygens (including phenoxy) is 4. The number of H-pyrrole nitrogens is 1. The first-order valence-corrected chi connectivity index (χ1v) is 23.3. The highest BCUT2D eigenvalue weighted by Gasteiger charge is 2.36. The first kappa shape index (κ1) is 47.8. The van der Waals surface area contributed by atoms with Crippen molar-refractivity contribution < 1.29 is 40.9 Å². The summed E-state index contributed by atoms with van der Waals surface area (Å²) in [4.78, 5) is 17.9. The molecule has 0 saturated carbocycles. The van der Waals surface area contributed by atoms with Crippen molar-refractivity contribution in [2.24, 2.45) is 0 Å². The van der Waals surface area contributed by atoms with Crippen LogP contribution in [0.3, 0.4) is 0 Å². The molecule has 0 radical (unpaired) electrons. The fourth-order valence-corrected chi connectivity index (χ4v) is 9.46. The second-order valence-corrected chi connectivity index (χ2v) is 18.7. The Bertz CT molecular complexity index is 2860. The Morgan fingerprint density at radius 3 is 1.94 bits per heavy atom. The average molecular weight is 950 g/mol. The Morgan fingerprint density at radius 1 is 0.821 bits per heavy atom. The average Bonchev–Trinajstić information content (AvgIpc) is 4.03. The highest BCUT2D eigenvalue weighted by molar-refractivity contribution is 7.89. The Kier molecular flexibility index (Phi) is 14.9. The number of aromatic nitrogens is 7. The SMILES string of the molecule is COc1ccc(CN(Cc2ccc(OC)cc2)S(=O)(=O)c2c(N(CCNC(=O)OC(C)(C)C)S(=O)[O-])ccc(-c3cccc(-c4ncn[nH]4)c3)c2-c2nnn(Cc3ccc(OC)cc3)n2)cc1. The van der Waals surface area contributed by atoms with E-state index in [0.717, 1.165) is 9.87 Å². The summed E-state index contributed by atoms with van der Waals surface area (Å²) in [5, 5.41) is 23.0. The summed E-state index contributed by atoms with van der Waals surface area (Å²) in [5.41, 5.74) is 2.34. The summed E-state index contributed by atoms with van der Waals surface area (Å²) in [6.45, 7) is 4.24. The van der Waals surface area contributed by atoms with E-state index in [-0.39, 0.29) is 43.3 Å². The standard InChI is InChI=1S/C46H50N10O9S2/c1-46(2,3)65-45(57)47-24-25-55(66(58)59)40-23-22-39(34-8-7-9-35(26-34)43-48-30-49-50-43)41(44-51-53-56(52-44)29-33-14-20-38(64-6)21-15-33)42(40)67(60,61)54(27-31-10-16-36(62-4)17-11-31)28-32-12-18-37(63-5)19-13-32/h7-23,26,30H,24-25,27-29H2,1-6H3,(H,47,57)(H,58,59)(H,48,49,50)/p-1. The molecule has 2 heterocycles. The van der Waals surface area contributed by atoms with Crippen LogP contribution in [0.5, 0.6) is 17.2 Å². The number of rotatable bonds is 19. The predicted octanol–water partition coefficient (Wildman–Crippen LogP) is 6.38. The van der Waals surface area contributed by atoms with Crippen molar-refractivity contribution in [2.45, 2.75) is 50.9 Å². The van der Waals surface area contributed by atoms with E-state index in [1.54, 1.807) is 113 Å². The van der Waals surface area contributed by atoms with Crippen LogP contribution < -0.4 is 23.8 Å². The van der Waals surface area contributed by atoms with Gasteiger partial charge in [-0.15, -0.1) is 10.2 Å². The highest BCUT2D eigenvalue weighted by atomic mass is 32.2. The summed E-state index contributed by atoms with van der Waals surface area (Å²) < 4.78 is 82.7. The van der Waals surface area contributed by atoms with E-state index in [9.17, 15) is 13.6 Å². The molecule has 2 N–H and O–H groups in total. The van der Waals surface area contributed by atoms with E-state index < -0.39 is 44.4 Å². The smallest absolute Gasteiger partial charge is 0.407 e. The number of nitrogens with zero attached hydrogens (tertiary/aromatic N) is 8. The number of aromatic amines is 1. The molecule has 0 bridgehead atoms. The molecule has 1 unspecified atom stereocenters. The van der Waals surface area contributed by atoms with Gasteiger partial charge in [0, 0.05) is 43.0 Å². The molecule has 1 atom stereocenters. The van der Waals surface area contributed by atoms with Crippen LogP contribution in [0.1, 0.15) is 37.5 Å². The third-order valence-electron chi connectivity index (χ3n) is 10.2. The second-order valence-electron chi connectivity index (χ2n) is 16.0. The Morgan fingerprint density at radius 2 is 1.40 bits per heavy atom. The summed E-state index contributed by atoms with van der Waals surface area (Å²) in [5.74, 6) is 2.11. The van der Waals surface area contributed by atoms with Gasteiger partial charge in [0.1, 0.15) is 34.1 Å². The van der Waals surface area contributed by atoms with Gasteiger partial charge in [-0.05, 0) is 102 Å². The van der Waals surface area contributed by atoms with Gasteiger partial charge in [-0.3, -0.25) is 13.6 Å². The van der Waals surface area contributed by atoms with Crippen LogP contribution in [-0.2, 0) is 45.7 Å². The van der Waals surface area contributed by atoms with Crippen molar-refractivity contribution in [1.29, 1.82) is 0 Å². The van der Waals surface area contributed by atoms with Gasteiger partial charge in [0.05, 0.1) is 39.1 Å². The molecular weight excluding hydrogens is 901 g/mol. The lowest BCUT2D eigenvalue weighted by molar-refractivity contribution is 0.0529. The number of anilines is 1.